The highest BCUT2D eigenvalue weighted by Crippen LogP contribution is 2.29. The van der Waals surface area contributed by atoms with Crippen LogP contribution in [0.15, 0.2) is 65.8 Å². The lowest BCUT2D eigenvalue weighted by Gasteiger charge is -2.12. The third kappa shape index (κ3) is 7.23. The molecule has 0 aliphatic heterocycles. The van der Waals surface area contributed by atoms with Gasteiger partial charge in [0.25, 0.3) is 0 Å². The summed E-state index contributed by atoms with van der Waals surface area (Å²) in [5, 5.41) is 6.86. The number of nitrogens with zero attached hydrogens (tertiary/aromatic N) is 1. The number of nitrogens with one attached hydrogen (secondary N) is 2. The highest BCUT2D eigenvalue weighted by molar-refractivity contribution is 6.42. The van der Waals surface area contributed by atoms with Crippen molar-refractivity contribution in [2.24, 2.45) is 5.10 Å². The molecule has 0 aliphatic rings. The number of hydrogen-bond acceptors (Lipinski definition) is 5. The van der Waals surface area contributed by atoms with Gasteiger partial charge >= 0.3 is 11.8 Å². The molecule has 2 N–H and O–H groups in total. The Hall–Kier alpha value is -3.55. The van der Waals surface area contributed by atoms with E-state index in [0.29, 0.717) is 41.0 Å². The molecule has 0 spiro atoms. The van der Waals surface area contributed by atoms with E-state index in [0.717, 1.165) is 5.56 Å². The Morgan fingerprint density at radius 3 is 2.38 bits per heavy atom. The fourth-order valence-corrected chi connectivity index (χ4v) is 3.11. The zero-order valence-corrected chi connectivity index (χ0v) is 20.1. The van der Waals surface area contributed by atoms with Crippen molar-refractivity contribution in [1.82, 2.24) is 5.43 Å². The largest absolute Gasteiger partial charge is 0.490 e. The lowest BCUT2D eigenvalue weighted by Crippen LogP contribution is -2.32. The average Bonchev–Trinajstić information content (AvgIpc) is 2.82. The maximum atomic E-state index is 12.0. The molecule has 0 aliphatic carbocycles. The molecule has 0 radical (unpaired) electrons. The van der Waals surface area contributed by atoms with E-state index in [1.807, 2.05) is 38.1 Å². The molecule has 0 atom stereocenters. The highest BCUT2D eigenvalue weighted by Gasteiger charge is 2.13. The Labute approximate surface area is 207 Å². The van der Waals surface area contributed by atoms with Gasteiger partial charge in [0.15, 0.2) is 11.5 Å². The first kappa shape index (κ1) is 25.1. The van der Waals surface area contributed by atoms with Gasteiger partial charge in [0, 0.05) is 5.69 Å². The monoisotopic (exact) mass is 499 g/mol. The van der Waals surface area contributed by atoms with Gasteiger partial charge in [0.1, 0.15) is 6.61 Å². The Balaban J connectivity index is 1.59. The van der Waals surface area contributed by atoms with Crippen molar-refractivity contribution in [3.63, 3.8) is 0 Å². The lowest BCUT2D eigenvalue weighted by atomic mass is 10.2. The minimum atomic E-state index is -0.939. The van der Waals surface area contributed by atoms with E-state index >= 15 is 0 Å². The summed E-state index contributed by atoms with van der Waals surface area (Å²) in [6.07, 6.45) is 1.40. The zero-order chi connectivity index (χ0) is 24.5. The van der Waals surface area contributed by atoms with Crippen LogP contribution in [0.5, 0.6) is 11.5 Å². The molecule has 7 nitrogen and oxygen atoms in total. The summed E-state index contributed by atoms with van der Waals surface area (Å²) in [5.41, 5.74) is 5.39. The topological polar surface area (TPSA) is 89.0 Å². The van der Waals surface area contributed by atoms with E-state index in [1.165, 1.54) is 30.0 Å². The first-order valence-electron chi connectivity index (χ1n) is 10.4. The van der Waals surface area contributed by atoms with Crippen LogP contribution in [0.1, 0.15) is 23.6 Å². The molecule has 0 fully saturated rings. The van der Waals surface area contributed by atoms with Gasteiger partial charge in [-0.05, 0) is 61.4 Å². The van der Waals surface area contributed by atoms with Gasteiger partial charge in [-0.25, -0.2) is 5.43 Å². The fourth-order valence-electron chi connectivity index (χ4n) is 2.82. The summed E-state index contributed by atoms with van der Waals surface area (Å²) < 4.78 is 11.6. The van der Waals surface area contributed by atoms with Crippen LogP contribution in [-0.4, -0.2) is 24.6 Å². The average molecular weight is 500 g/mol. The number of anilines is 1. The van der Waals surface area contributed by atoms with Crippen LogP contribution in [0.4, 0.5) is 5.69 Å². The van der Waals surface area contributed by atoms with Crippen molar-refractivity contribution >= 4 is 46.9 Å². The molecule has 0 unspecified atom stereocenters. The molecule has 3 aromatic rings. The van der Waals surface area contributed by atoms with Crippen molar-refractivity contribution in [3.8, 4) is 11.5 Å². The lowest BCUT2D eigenvalue weighted by molar-refractivity contribution is -0.136. The van der Waals surface area contributed by atoms with Crippen LogP contribution in [0.2, 0.25) is 10.0 Å². The van der Waals surface area contributed by atoms with Gasteiger partial charge in [0.2, 0.25) is 0 Å². The van der Waals surface area contributed by atoms with E-state index in [9.17, 15) is 9.59 Å². The van der Waals surface area contributed by atoms with Gasteiger partial charge in [-0.2, -0.15) is 5.10 Å². The number of aryl methyl sites for hydroxylation is 1. The van der Waals surface area contributed by atoms with Crippen molar-refractivity contribution in [3.05, 3.63) is 87.4 Å². The third-order valence-corrected chi connectivity index (χ3v) is 5.28. The van der Waals surface area contributed by atoms with Crippen LogP contribution < -0.4 is 20.2 Å². The zero-order valence-electron chi connectivity index (χ0n) is 18.6. The number of hydrazone groups is 1. The van der Waals surface area contributed by atoms with Crippen LogP contribution in [0.25, 0.3) is 0 Å². The molecular weight excluding hydrogens is 477 g/mol. The van der Waals surface area contributed by atoms with Crippen molar-refractivity contribution in [1.29, 1.82) is 0 Å². The van der Waals surface area contributed by atoms with Gasteiger partial charge in [-0.15, -0.1) is 0 Å². The normalized spacial score (nSPS) is 10.7. The first-order chi connectivity index (χ1) is 16.4. The molecule has 0 aromatic heterocycles. The van der Waals surface area contributed by atoms with Crippen LogP contribution >= 0.6 is 23.2 Å². The van der Waals surface area contributed by atoms with Crippen molar-refractivity contribution in [2.45, 2.75) is 20.5 Å². The Morgan fingerprint density at radius 2 is 1.68 bits per heavy atom. The van der Waals surface area contributed by atoms with Crippen LogP contribution in [0.3, 0.4) is 0 Å². The summed E-state index contributed by atoms with van der Waals surface area (Å²) >= 11 is 11.7. The minimum absolute atomic E-state index is 0.259. The first-order valence-corrected chi connectivity index (χ1v) is 11.2. The number of carbonyl (C=O) groups excluding carboxylic acids is 2. The number of carbonyl (C=O) groups is 2. The van der Waals surface area contributed by atoms with E-state index < -0.39 is 11.8 Å². The standard InChI is InChI=1S/C25H23Cl2N3O4/c1-3-33-23-12-18(8-11-22(23)34-15-17-6-4-16(2)5-7-17)14-28-30-25(32)24(31)29-19-9-10-20(26)21(27)13-19/h4-14H,3,15H2,1-2H3,(H,29,31)(H,30,32)/b28-14+. The number of halogens is 2. The van der Waals surface area contributed by atoms with E-state index in [2.05, 4.69) is 15.8 Å². The Morgan fingerprint density at radius 1 is 0.912 bits per heavy atom. The maximum Gasteiger partial charge on any atom is 0.329 e. The van der Waals surface area contributed by atoms with E-state index in [-0.39, 0.29) is 5.02 Å². The second-order valence-electron chi connectivity index (χ2n) is 7.20. The van der Waals surface area contributed by atoms with Gasteiger partial charge in [0.05, 0.1) is 22.9 Å². The molecule has 0 saturated carbocycles. The number of hydrogen-bond donors (Lipinski definition) is 2. The van der Waals surface area contributed by atoms with Crippen LogP contribution in [0, 0.1) is 6.92 Å². The maximum absolute atomic E-state index is 12.0. The summed E-state index contributed by atoms with van der Waals surface area (Å²) in [7, 11) is 0. The second-order valence-corrected chi connectivity index (χ2v) is 8.01. The van der Waals surface area contributed by atoms with Gasteiger partial charge in [-0.1, -0.05) is 53.0 Å². The van der Waals surface area contributed by atoms with Gasteiger partial charge in [-0.3, -0.25) is 9.59 Å². The van der Waals surface area contributed by atoms with E-state index in [1.54, 1.807) is 18.2 Å². The summed E-state index contributed by atoms with van der Waals surface area (Å²) in [6, 6.07) is 17.8. The summed E-state index contributed by atoms with van der Waals surface area (Å²) in [4.78, 5) is 24.0. The molecule has 176 valence electrons. The molecule has 3 aromatic carbocycles. The molecule has 0 bridgehead atoms. The highest BCUT2D eigenvalue weighted by atomic mass is 35.5. The van der Waals surface area contributed by atoms with E-state index in [4.69, 9.17) is 32.7 Å². The number of ether oxygens (including phenoxy) is 2. The molecule has 0 saturated heterocycles. The number of amides is 2. The van der Waals surface area contributed by atoms with Crippen LogP contribution in [-0.2, 0) is 16.2 Å². The summed E-state index contributed by atoms with van der Waals surface area (Å²) in [5.74, 6) is -0.706. The molecular formula is C25H23Cl2N3O4. The number of rotatable bonds is 8. The second kappa shape index (κ2) is 12.1. The minimum Gasteiger partial charge on any atom is -0.490 e. The predicted octanol–water partition coefficient (Wildman–Crippen LogP) is 5.37. The Kier molecular flexibility index (Phi) is 8.90. The fraction of sp³-hybridized carbons (Fsp3) is 0.160. The third-order valence-electron chi connectivity index (χ3n) is 4.55. The Bertz CT molecular complexity index is 1200. The smallest absolute Gasteiger partial charge is 0.329 e. The molecule has 9 heteroatoms. The SMILES string of the molecule is CCOc1cc(/C=N/NC(=O)C(=O)Nc2ccc(Cl)c(Cl)c2)ccc1OCc1ccc(C)cc1. The van der Waals surface area contributed by atoms with Crippen molar-refractivity contribution in [2.75, 3.05) is 11.9 Å². The molecule has 2 amide bonds. The van der Waals surface area contributed by atoms with Crippen molar-refractivity contribution < 1.29 is 19.1 Å². The molecule has 34 heavy (non-hydrogen) atoms. The summed E-state index contributed by atoms with van der Waals surface area (Å²) in [6.45, 7) is 4.75. The molecule has 0 heterocycles. The predicted molar refractivity (Wildman–Crippen MR) is 134 cm³/mol. The van der Waals surface area contributed by atoms with Gasteiger partial charge < -0.3 is 14.8 Å². The molecule has 3 rings (SSSR count). The quantitative estimate of drug-likeness (QED) is 0.247. The number of benzene rings is 3.